The molecular formula is C27H32N8O2. The molecule has 4 aromatic rings. The number of aromatic nitrogens is 5. The Bertz CT molecular complexity index is 1380. The molecule has 2 N–H and O–H groups in total. The van der Waals surface area contributed by atoms with E-state index in [-0.39, 0.29) is 11.8 Å². The SMILES string of the molecule is CCC(=O)c1cnc(Nc2ccc([C@H](C)N(C)C)cn2)cc1Nc1cccc(-c2ncn(C)n2)c1OC. The van der Waals surface area contributed by atoms with Crippen LogP contribution in [0.5, 0.6) is 5.75 Å². The molecule has 0 saturated heterocycles. The summed E-state index contributed by atoms with van der Waals surface area (Å²) in [4.78, 5) is 28.2. The number of carbonyl (C=O) groups is 1. The minimum Gasteiger partial charge on any atom is -0.494 e. The number of nitrogens with one attached hydrogen (secondary N) is 2. The quantitative estimate of drug-likeness (QED) is 0.291. The van der Waals surface area contributed by atoms with Gasteiger partial charge in [0, 0.05) is 38.0 Å². The van der Waals surface area contributed by atoms with Crippen LogP contribution in [-0.2, 0) is 7.05 Å². The van der Waals surface area contributed by atoms with E-state index in [1.54, 1.807) is 30.4 Å². The number of ether oxygens (including phenoxy) is 1. The monoisotopic (exact) mass is 500 g/mol. The molecule has 1 atom stereocenters. The van der Waals surface area contributed by atoms with E-state index in [0.717, 1.165) is 11.1 Å². The number of nitrogens with zero attached hydrogens (tertiary/aromatic N) is 6. The van der Waals surface area contributed by atoms with Gasteiger partial charge in [-0.05, 0) is 44.8 Å². The van der Waals surface area contributed by atoms with Gasteiger partial charge in [0.05, 0.1) is 29.6 Å². The highest BCUT2D eigenvalue weighted by molar-refractivity contribution is 6.02. The first-order valence-corrected chi connectivity index (χ1v) is 12.0. The summed E-state index contributed by atoms with van der Waals surface area (Å²) in [6.07, 6.45) is 5.42. The van der Waals surface area contributed by atoms with Crippen molar-refractivity contribution in [3.05, 3.63) is 66.2 Å². The van der Waals surface area contributed by atoms with Crippen LogP contribution in [0.4, 0.5) is 23.0 Å². The van der Waals surface area contributed by atoms with Gasteiger partial charge >= 0.3 is 0 Å². The van der Waals surface area contributed by atoms with E-state index in [4.69, 9.17) is 4.74 Å². The number of anilines is 4. The Morgan fingerprint density at radius 2 is 1.84 bits per heavy atom. The van der Waals surface area contributed by atoms with Gasteiger partial charge in [0.1, 0.15) is 18.0 Å². The standard InChI is InChI=1S/C27H32N8O2/c1-7-23(36)20-15-29-25(32-24-12-11-18(14-28-24)17(2)34(3)4)13-22(20)31-21-10-8-9-19(26(21)37-6)27-30-16-35(5)33-27/h8-17H,7H2,1-6H3,(H2,28,29,31,32)/t17-/m0/s1. The van der Waals surface area contributed by atoms with E-state index >= 15 is 0 Å². The van der Waals surface area contributed by atoms with Crippen LogP contribution in [-0.4, -0.2) is 56.6 Å². The number of rotatable bonds is 10. The number of ketones is 1. The number of hydrogen-bond donors (Lipinski definition) is 2. The predicted octanol–water partition coefficient (Wildman–Crippen LogP) is 4.98. The number of hydrogen-bond acceptors (Lipinski definition) is 9. The summed E-state index contributed by atoms with van der Waals surface area (Å²) in [7, 11) is 7.47. The lowest BCUT2D eigenvalue weighted by molar-refractivity contribution is 0.0988. The normalized spacial score (nSPS) is 11.9. The Hall–Kier alpha value is -4.31. The van der Waals surface area contributed by atoms with E-state index in [9.17, 15) is 4.79 Å². The van der Waals surface area contributed by atoms with Crippen molar-refractivity contribution in [1.29, 1.82) is 0 Å². The number of pyridine rings is 2. The van der Waals surface area contributed by atoms with Crippen LogP contribution < -0.4 is 15.4 Å². The third-order valence-electron chi connectivity index (χ3n) is 6.15. The third-order valence-corrected chi connectivity index (χ3v) is 6.15. The Labute approximate surface area is 216 Å². The maximum Gasteiger partial charge on any atom is 0.184 e. The minimum absolute atomic E-state index is 0.0248. The number of methoxy groups -OCH3 is 1. The molecule has 3 aromatic heterocycles. The molecule has 0 amide bonds. The summed E-state index contributed by atoms with van der Waals surface area (Å²) >= 11 is 0. The summed E-state index contributed by atoms with van der Waals surface area (Å²) in [5.41, 5.74) is 3.62. The summed E-state index contributed by atoms with van der Waals surface area (Å²) in [6.45, 7) is 3.95. The fraction of sp³-hybridized carbons (Fsp3) is 0.296. The first-order chi connectivity index (χ1) is 17.8. The van der Waals surface area contributed by atoms with Crippen LogP contribution >= 0.6 is 0 Å². The molecule has 1 aromatic carbocycles. The van der Waals surface area contributed by atoms with Crippen LogP contribution in [0.15, 0.2) is 55.1 Å². The van der Waals surface area contributed by atoms with Crippen LogP contribution in [0.2, 0.25) is 0 Å². The second-order valence-electron chi connectivity index (χ2n) is 8.89. The number of carbonyl (C=O) groups excluding carboxylic acids is 1. The molecule has 4 rings (SSSR count). The van der Waals surface area contributed by atoms with Crippen LogP contribution in [0, 0.1) is 0 Å². The van der Waals surface area contributed by atoms with Crippen molar-refractivity contribution in [2.45, 2.75) is 26.3 Å². The number of Topliss-reactive ketones (excluding diaryl/α,β-unsaturated/α-hetero) is 1. The highest BCUT2D eigenvalue weighted by atomic mass is 16.5. The summed E-state index contributed by atoms with van der Waals surface area (Å²) in [5, 5.41) is 11.0. The summed E-state index contributed by atoms with van der Waals surface area (Å²) in [5.74, 6) is 2.30. The third kappa shape index (κ3) is 5.75. The van der Waals surface area contributed by atoms with Gasteiger partial charge in [-0.3, -0.25) is 9.48 Å². The number of aryl methyl sites for hydroxylation is 1. The molecule has 0 unspecified atom stereocenters. The number of benzene rings is 1. The van der Waals surface area contributed by atoms with Gasteiger partial charge in [0.2, 0.25) is 0 Å². The van der Waals surface area contributed by atoms with Gasteiger partial charge in [-0.25, -0.2) is 15.0 Å². The molecular weight excluding hydrogens is 468 g/mol. The van der Waals surface area contributed by atoms with E-state index in [1.807, 2.05) is 64.6 Å². The highest BCUT2D eigenvalue weighted by Crippen LogP contribution is 2.37. The lowest BCUT2D eigenvalue weighted by Crippen LogP contribution is -2.16. The molecule has 0 spiro atoms. The molecule has 0 aliphatic carbocycles. The smallest absolute Gasteiger partial charge is 0.184 e. The fourth-order valence-electron chi connectivity index (χ4n) is 3.83. The van der Waals surface area contributed by atoms with Gasteiger partial charge in [-0.2, -0.15) is 5.10 Å². The molecule has 0 fully saturated rings. The van der Waals surface area contributed by atoms with E-state index in [2.05, 4.69) is 42.5 Å². The molecule has 0 saturated carbocycles. The second kappa shape index (κ2) is 11.2. The van der Waals surface area contributed by atoms with Crippen molar-refractivity contribution in [1.82, 2.24) is 29.6 Å². The van der Waals surface area contributed by atoms with Crippen LogP contribution in [0.1, 0.15) is 42.2 Å². The average molecular weight is 501 g/mol. The zero-order chi connectivity index (χ0) is 26.5. The maximum atomic E-state index is 12.7. The van der Waals surface area contributed by atoms with Crippen molar-refractivity contribution >= 4 is 28.8 Å². The largest absolute Gasteiger partial charge is 0.494 e. The van der Waals surface area contributed by atoms with Crippen molar-refractivity contribution < 1.29 is 9.53 Å². The summed E-state index contributed by atoms with van der Waals surface area (Å²) in [6, 6.07) is 11.7. The van der Waals surface area contributed by atoms with Gasteiger partial charge in [0.15, 0.2) is 17.4 Å². The molecule has 0 radical (unpaired) electrons. The fourth-order valence-corrected chi connectivity index (χ4v) is 3.83. The van der Waals surface area contributed by atoms with Crippen molar-refractivity contribution in [2.24, 2.45) is 7.05 Å². The zero-order valence-electron chi connectivity index (χ0n) is 22.0. The Kier molecular flexibility index (Phi) is 7.78. The lowest BCUT2D eigenvalue weighted by atomic mass is 10.1. The molecule has 192 valence electrons. The van der Waals surface area contributed by atoms with E-state index in [1.165, 1.54) is 0 Å². The Morgan fingerprint density at radius 3 is 2.46 bits per heavy atom. The molecule has 10 heteroatoms. The van der Waals surface area contributed by atoms with Crippen molar-refractivity contribution in [2.75, 3.05) is 31.8 Å². The van der Waals surface area contributed by atoms with E-state index in [0.29, 0.717) is 46.6 Å². The number of para-hydroxylation sites is 1. The predicted molar refractivity (Wildman–Crippen MR) is 145 cm³/mol. The molecule has 0 aliphatic rings. The van der Waals surface area contributed by atoms with E-state index < -0.39 is 0 Å². The zero-order valence-corrected chi connectivity index (χ0v) is 22.0. The van der Waals surface area contributed by atoms with Crippen LogP contribution in [0.3, 0.4) is 0 Å². The van der Waals surface area contributed by atoms with Crippen molar-refractivity contribution in [3.63, 3.8) is 0 Å². The molecule has 0 bridgehead atoms. The highest BCUT2D eigenvalue weighted by Gasteiger charge is 2.18. The van der Waals surface area contributed by atoms with Gasteiger partial charge in [-0.1, -0.05) is 19.1 Å². The van der Waals surface area contributed by atoms with Gasteiger partial charge in [-0.15, -0.1) is 0 Å². The van der Waals surface area contributed by atoms with Crippen LogP contribution in [0.25, 0.3) is 11.4 Å². The average Bonchev–Trinajstić information content (AvgIpc) is 3.34. The topological polar surface area (TPSA) is 110 Å². The second-order valence-corrected chi connectivity index (χ2v) is 8.89. The van der Waals surface area contributed by atoms with Gasteiger partial charge < -0.3 is 20.3 Å². The lowest BCUT2D eigenvalue weighted by Gasteiger charge is -2.20. The van der Waals surface area contributed by atoms with Crippen molar-refractivity contribution in [3.8, 4) is 17.1 Å². The first kappa shape index (κ1) is 25.8. The summed E-state index contributed by atoms with van der Waals surface area (Å²) < 4.78 is 7.37. The first-order valence-electron chi connectivity index (χ1n) is 12.0. The minimum atomic E-state index is -0.0248. The Balaban J connectivity index is 1.66. The molecule has 10 nitrogen and oxygen atoms in total. The Morgan fingerprint density at radius 1 is 1.05 bits per heavy atom. The maximum absolute atomic E-state index is 12.7. The molecule has 0 aliphatic heterocycles. The molecule has 3 heterocycles. The van der Waals surface area contributed by atoms with Gasteiger partial charge in [0.25, 0.3) is 0 Å². The molecule has 37 heavy (non-hydrogen) atoms.